The summed E-state index contributed by atoms with van der Waals surface area (Å²) in [6.45, 7) is 0. The highest BCUT2D eigenvalue weighted by Crippen LogP contribution is 2.32. The molecule has 0 spiro atoms. The Morgan fingerprint density at radius 3 is 2.67 bits per heavy atom. The van der Waals surface area contributed by atoms with Crippen LogP contribution in [-0.4, -0.2) is 21.1 Å². The number of halogens is 1. The van der Waals surface area contributed by atoms with Gasteiger partial charge in [0.2, 0.25) is 0 Å². The molecule has 0 saturated carbocycles. The second kappa shape index (κ2) is 4.26. The number of hydrogen-bond acceptors (Lipinski definition) is 5. The number of nitro groups is 1. The lowest BCUT2D eigenvalue weighted by atomic mass is 10.1. The fourth-order valence-electron chi connectivity index (χ4n) is 1.12. The Hall–Kier alpha value is -1.63. The second-order valence-electron chi connectivity index (χ2n) is 2.71. The Morgan fingerprint density at radius 1 is 1.60 bits per heavy atom. The quantitative estimate of drug-likeness (QED) is 0.285. The highest BCUT2D eigenvalue weighted by Gasteiger charge is 2.22. The fourth-order valence-corrected chi connectivity index (χ4v) is 1.40. The van der Waals surface area contributed by atoms with E-state index in [1.165, 1.54) is 0 Å². The second-order valence-corrected chi connectivity index (χ2v) is 3.27. The van der Waals surface area contributed by atoms with Crippen LogP contribution in [0.4, 0.5) is 11.4 Å². The molecule has 1 aromatic rings. The summed E-state index contributed by atoms with van der Waals surface area (Å²) in [4.78, 5) is 21.1. The maximum Gasteiger partial charge on any atom is 0.293 e. The number of carbonyl (C=O) groups is 1. The Morgan fingerprint density at radius 2 is 2.20 bits per heavy atom. The van der Waals surface area contributed by atoms with Gasteiger partial charge in [-0.2, -0.15) is 0 Å². The lowest BCUT2D eigenvalue weighted by molar-refractivity contribution is -0.383. The third-order valence-corrected chi connectivity index (χ3v) is 2.31. The number of Topliss-reactive ketones (excluding diaryl/α,β-unsaturated/α-hetero) is 1. The lowest BCUT2D eigenvalue weighted by Crippen LogP contribution is -2.07. The first-order chi connectivity index (χ1) is 6.99. The van der Waals surface area contributed by atoms with E-state index < -0.39 is 16.4 Å². The van der Waals surface area contributed by atoms with Crippen LogP contribution >= 0.6 is 15.9 Å². The summed E-state index contributed by atoms with van der Waals surface area (Å²) in [5.41, 5.74) is 4.49. The van der Waals surface area contributed by atoms with Crippen molar-refractivity contribution in [1.29, 1.82) is 0 Å². The molecule has 0 bridgehead atoms. The van der Waals surface area contributed by atoms with E-state index in [0.717, 1.165) is 12.1 Å². The van der Waals surface area contributed by atoms with E-state index in [0.29, 0.717) is 0 Å². The molecule has 0 saturated heterocycles. The van der Waals surface area contributed by atoms with Crippen molar-refractivity contribution in [2.75, 3.05) is 11.1 Å². The highest BCUT2D eigenvalue weighted by molar-refractivity contribution is 9.09. The zero-order chi connectivity index (χ0) is 11.6. The molecule has 0 radical (unpaired) electrons. The van der Waals surface area contributed by atoms with E-state index in [1.807, 2.05) is 0 Å². The average molecular weight is 275 g/mol. The highest BCUT2D eigenvalue weighted by atomic mass is 79.9. The molecule has 0 atom stereocenters. The monoisotopic (exact) mass is 274 g/mol. The number of aromatic hydroxyl groups is 1. The van der Waals surface area contributed by atoms with E-state index in [-0.39, 0.29) is 22.3 Å². The molecule has 0 amide bonds. The molecule has 0 aromatic heterocycles. The Balaban J connectivity index is 3.43. The molecule has 15 heavy (non-hydrogen) atoms. The van der Waals surface area contributed by atoms with Crippen LogP contribution in [0.2, 0.25) is 0 Å². The van der Waals surface area contributed by atoms with Gasteiger partial charge in [0.1, 0.15) is 11.4 Å². The van der Waals surface area contributed by atoms with Crippen molar-refractivity contribution >= 4 is 33.1 Å². The van der Waals surface area contributed by atoms with Gasteiger partial charge in [-0.1, -0.05) is 15.9 Å². The number of phenols is 1. The number of benzene rings is 1. The number of nitro benzene ring substituents is 1. The number of rotatable bonds is 3. The molecule has 0 fully saturated rings. The summed E-state index contributed by atoms with van der Waals surface area (Å²) in [6.07, 6.45) is 0. The molecule has 80 valence electrons. The third kappa shape index (κ3) is 2.07. The smallest absolute Gasteiger partial charge is 0.293 e. The molecule has 0 aliphatic carbocycles. The van der Waals surface area contributed by atoms with Crippen LogP contribution in [-0.2, 0) is 0 Å². The fraction of sp³-hybridized carbons (Fsp3) is 0.125. The Labute approximate surface area is 93.0 Å². The van der Waals surface area contributed by atoms with Crippen molar-refractivity contribution in [2.24, 2.45) is 0 Å². The number of alkyl halides is 1. The van der Waals surface area contributed by atoms with Gasteiger partial charge in [-0.05, 0) is 6.07 Å². The summed E-state index contributed by atoms with van der Waals surface area (Å²) >= 11 is 2.90. The van der Waals surface area contributed by atoms with Crippen LogP contribution in [0.3, 0.4) is 0 Å². The number of ketones is 1. The summed E-state index contributed by atoms with van der Waals surface area (Å²) in [6, 6.07) is 2.13. The predicted molar refractivity (Wildman–Crippen MR) is 57.3 cm³/mol. The Kier molecular flexibility index (Phi) is 3.25. The number of phenolic OH excluding ortho intramolecular Hbond substituents is 1. The van der Waals surface area contributed by atoms with Crippen LogP contribution in [0, 0.1) is 10.1 Å². The zero-order valence-corrected chi connectivity index (χ0v) is 9.02. The van der Waals surface area contributed by atoms with Crippen LogP contribution in [0.15, 0.2) is 12.1 Å². The van der Waals surface area contributed by atoms with E-state index in [1.54, 1.807) is 0 Å². The minimum absolute atomic E-state index is 0.0636. The van der Waals surface area contributed by atoms with Gasteiger partial charge in [-0.25, -0.2) is 0 Å². The first kappa shape index (κ1) is 11.4. The number of nitrogens with zero attached hydrogens (tertiary/aromatic N) is 1. The van der Waals surface area contributed by atoms with Crippen LogP contribution < -0.4 is 5.73 Å². The van der Waals surface area contributed by atoms with Gasteiger partial charge in [-0.3, -0.25) is 14.9 Å². The number of carbonyl (C=O) groups excluding carboxylic acids is 1. The average Bonchev–Trinajstić information content (AvgIpc) is 2.16. The number of anilines is 1. The first-order valence-electron chi connectivity index (χ1n) is 3.84. The van der Waals surface area contributed by atoms with Gasteiger partial charge < -0.3 is 10.8 Å². The zero-order valence-electron chi connectivity index (χ0n) is 7.44. The van der Waals surface area contributed by atoms with Crippen molar-refractivity contribution in [3.63, 3.8) is 0 Å². The van der Waals surface area contributed by atoms with Crippen molar-refractivity contribution in [3.05, 3.63) is 27.8 Å². The predicted octanol–water partition coefficient (Wildman–Crippen LogP) is 1.46. The Bertz CT molecular complexity index is 433. The molecule has 0 heterocycles. The van der Waals surface area contributed by atoms with Gasteiger partial charge in [0.15, 0.2) is 5.78 Å². The molecule has 1 rings (SSSR count). The van der Waals surface area contributed by atoms with Crippen LogP contribution in [0.1, 0.15) is 10.4 Å². The molecule has 0 aliphatic rings. The van der Waals surface area contributed by atoms with Gasteiger partial charge in [-0.15, -0.1) is 0 Å². The summed E-state index contributed by atoms with van der Waals surface area (Å²) in [5.74, 6) is -0.865. The lowest BCUT2D eigenvalue weighted by Gasteiger charge is -2.05. The van der Waals surface area contributed by atoms with E-state index in [4.69, 9.17) is 5.73 Å². The van der Waals surface area contributed by atoms with Crippen molar-refractivity contribution in [3.8, 4) is 5.75 Å². The summed E-state index contributed by atoms with van der Waals surface area (Å²) in [7, 11) is 0. The minimum atomic E-state index is -0.709. The normalized spacial score (nSPS) is 9.93. The van der Waals surface area contributed by atoms with Crippen molar-refractivity contribution < 1.29 is 14.8 Å². The molecule has 7 heteroatoms. The van der Waals surface area contributed by atoms with Crippen molar-refractivity contribution in [2.45, 2.75) is 0 Å². The van der Waals surface area contributed by atoms with Crippen molar-refractivity contribution in [1.82, 2.24) is 0 Å². The molecule has 3 N–H and O–H groups in total. The maximum absolute atomic E-state index is 11.3. The van der Waals surface area contributed by atoms with Crippen LogP contribution in [0.5, 0.6) is 5.75 Å². The third-order valence-electron chi connectivity index (χ3n) is 1.80. The summed E-state index contributed by atoms with van der Waals surface area (Å²) in [5, 5.41) is 19.8. The minimum Gasteiger partial charge on any atom is -0.507 e. The topological polar surface area (TPSA) is 106 Å². The molecular formula is C8H7BrN2O4. The van der Waals surface area contributed by atoms with E-state index in [9.17, 15) is 20.0 Å². The standard InChI is InChI=1S/C8H7BrN2O4/c9-3-6(13)7-5(12)2-1-4(8(7)10)11(14)15/h1-2,12H,3,10H2. The number of nitrogen functional groups attached to an aromatic ring is 1. The molecule has 6 nitrogen and oxygen atoms in total. The summed E-state index contributed by atoms with van der Waals surface area (Å²) < 4.78 is 0. The van der Waals surface area contributed by atoms with E-state index in [2.05, 4.69) is 15.9 Å². The SMILES string of the molecule is Nc1c([N+](=O)[O-])ccc(O)c1C(=O)CBr. The molecular weight excluding hydrogens is 268 g/mol. The maximum atomic E-state index is 11.3. The molecule has 0 aliphatic heterocycles. The number of nitrogens with two attached hydrogens (primary N) is 1. The van der Waals surface area contributed by atoms with Gasteiger partial charge >= 0.3 is 0 Å². The van der Waals surface area contributed by atoms with E-state index >= 15 is 0 Å². The number of hydrogen-bond donors (Lipinski definition) is 2. The van der Waals surface area contributed by atoms with Gasteiger partial charge in [0, 0.05) is 6.07 Å². The van der Waals surface area contributed by atoms with Gasteiger partial charge in [0.05, 0.1) is 15.8 Å². The largest absolute Gasteiger partial charge is 0.507 e. The molecule has 1 aromatic carbocycles. The van der Waals surface area contributed by atoms with Crippen LogP contribution in [0.25, 0.3) is 0 Å². The molecule has 0 unspecified atom stereocenters. The first-order valence-corrected chi connectivity index (χ1v) is 4.96. The van der Waals surface area contributed by atoms with Gasteiger partial charge in [0.25, 0.3) is 5.69 Å².